The van der Waals surface area contributed by atoms with Crippen LogP contribution in [0.4, 0.5) is 0 Å². The molecule has 0 saturated carbocycles. The monoisotopic (exact) mass is 292 g/mol. The molecule has 1 aromatic carbocycles. The Morgan fingerprint density at radius 3 is 2.43 bits per heavy atom. The van der Waals surface area contributed by atoms with Crippen molar-refractivity contribution in [1.29, 1.82) is 0 Å². The molecule has 1 heterocycles. The first kappa shape index (κ1) is 16.2. The third-order valence-corrected chi connectivity index (χ3v) is 4.45. The number of aliphatic hydroxyl groups is 1. The van der Waals surface area contributed by atoms with Gasteiger partial charge in [-0.1, -0.05) is 40.7 Å². The molecule has 0 aliphatic carbocycles. The van der Waals surface area contributed by atoms with Gasteiger partial charge in [-0.2, -0.15) is 0 Å². The van der Waals surface area contributed by atoms with Crippen LogP contribution in [0.5, 0.6) is 11.5 Å². The van der Waals surface area contributed by atoms with Crippen molar-refractivity contribution in [1.82, 2.24) is 0 Å². The van der Waals surface area contributed by atoms with E-state index in [0.717, 1.165) is 23.5 Å². The highest BCUT2D eigenvalue weighted by atomic mass is 16.5. The summed E-state index contributed by atoms with van der Waals surface area (Å²) < 4.78 is 11.5. The first-order chi connectivity index (χ1) is 9.77. The first-order valence-electron chi connectivity index (χ1n) is 7.85. The van der Waals surface area contributed by atoms with E-state index in [1.807, 2.05) is 18.2 Å². The molecule has 3 nitrogen and oxygen atoms in total. The van der Waals surface area contributed by atoms with Crippen molar-refractivity contribution < 1.29 is 14.6 Å². The molecular weight excluding hydrogens is 264 g/mol. The van der Waals surface area contributed by atoms with Gasteiger partial charge in [-0.3, -0.25) is 0 Å². The summed E-state index contributed by atoms with van der Waals surface area (Å²) in [6, 6.07) is 5.78. The molecule has 0 amide bonds. The summed E-state index contributed by atoms with van der Waals surface area (Å²) >= 11 is 0. The second-order valence-electron chi connectivity index (χ2n) is 7.45. The second kappa shape index (κ2) is 6.27. The quantitative estimate of drug-likeness (QED) is 0.907. The van der Waals surface area contributed by atoms with E-state index >= 15 is 0 Å². The molecule has 0 bridgehead atoms. The van der Waals surface area contributed by atoms with E-state index in [0.29, 0.717) is 25.0 Å². The maximum atomic E-state index is 10.5. The Labute approximate surface area is 128 Å². The molecule has 0 fully saturated rings. The fourth-order valence-corrected chi connectivity index (χ4v) is 2.30. The molecule has 1 aliphatic rings. The molecule has 3 atom stereocenters. The van der Waals surface area contributed by atoms with Crippen molar-refractivity contribution in [2.75, 3.05) is 13.2 Å². The number of ether oxygens (including phenoxy) is 2. The van der Waals surface area contributed by atoms with Crippen LogP contribution in [0.3, 0.4) is 0 Å². The maximum absolute atomic E-state index is 10.5. The number of hydrogen-bond acceptors (Lipinski definition) is 3. The highest BCUT2D eigenvalue weighted by Gasteiger charge is 2.24. The molecule has 0 saturated heterocycles. The summed E-state index contributed by atoms with van der Waals surface area (Å²) in [5.41, 5.74) is 1.10. The summed E-state index contributed by atoms with van der Waals surface area (Å²) in [7, 11) is 0. The first-order valence-corrected chi connectivity index (χ1v) is 7.85. The summed E-state index contributed by atoms with van der Waals surface area (Å²) in [6.07, 6.45) is 0.285. The molecule has 1 aliphatic heterocycles. The predicted octanol–water partition coefficient (Wildman–Crippen LogP) is 4.20. The molecule has 3 heteroatoms. The van der Waals surface area contributed by atoms with Crippen LogP contribution >= 0.6 is 0 Å². The SMILES string of the molecule is CC1COc2ccc(C(O)CC(C)C(C)(C)C)cc2OC1. The number of rotatable bonds is 3. The van der Waals surface area contributed by atoms with E-state index < -0.39 is 6.10 Å². The number of hydrogen-bond donors (Lipinski definition) is 1. The fourth-order valence-electron chi connectivity index (χ4n) is 2.30. The van der Waals surface area contributed by atoms with Gasteiger partial charge < -0.3 is 14.6 Å². The Morgan fingerprint density at radius 2 is 1.81 bits per heavy atom. The van der Waals surface area contributed by atoms with Crippen molar-refractivity contribution in [3.63, 3.8) is 0 Å². The van der Waals surface area contributed by atoms with E-state index in [-0.39, 0.29) is 5.41 Å². The van der Waals surface area contributed by atoms with Crippen LogP contribution in [-0.4, -0.2) is 18.3 Å². The Balaban J connectivity index is 2.11. The van der Waals surface area contributed by atoms with Crippen LogP contribution < -0.4 is 9.47 Å². The summed E-state index contributed by atoms with van der Waals surface area (Å²) in [5.74, 6) is 2.34. The van der Waals surface area contributed by atoms with Gasteiger partial charge in [0.1, 0.15) is 0 Å². The lowest BCUT2D eigenvalue weighted by molar-refractivity contribution is 0.110. The zero-order valence-electron chi connectivity index (χ0n) is 13.8. The Hall–Kier alpha value is -1.22. The molecule has 2 rings (SSSR count). The van der Waals surface area contributed by atoms with Crippen LogP contribution in [0, 0.1) is 17.3 Å². The molecule has 0 radical (unpaired) electrons. The van der Waals surface area contributed by atoms with Crippen LogP contribution in [-0.2, 0) is 0 Å². The van der Waals surface area contributed by atoms with E-state index in [9.17, 15) is 5.11 Å². The smallest absolute Gasteiger partial charge is 0.161 e. The van der Waals surface area contributed by atoms with Crippen LogP contribution in [0.2, 0.25) is 0 Å². The van der Waals surface area contributed by atoms with Crippen molar-refractivity contribution in [2.45, 2.75) is 47.1 Å². The third-order valence-electron chi connectivity index (χ3n) is 4.45. The number of benzene rings is 1. The lowest BCUT2D eigenvalue weighted by Crippen LogP contribution is -2.19. The number of fused-ring (bicyclic) bond motifs is 1. The van der Waals surface area contributed by atoms with E-state index in [1.165, 1.54) is 0 Å². The van der Waals surface area contributed by atoms with Gasteiger partial charge in [-0.05, 0) is 35.4 Å². The van der Waals surface area contributed by atoms with Crippen LogP contribution in [0.15, 0.2) is 18.2 Å². The molecular formula is C18H28O3. The van der Waals surface area contributed by atoms with Crippen LogP contribution in [0.1, 0.15) is 52.7 Å². The zero-order chi connectivity index (χ0) is 15.6. The van der Waals surface area contributed by atoms with Crippen molar-refractivity contribution >= 4 is 0 Å². The summed E-state index contributed by atoms with van der Waals surface area (Å²) in [4.78, 5) is 0. The van der Waals surface area contributed by atoms with E-state index in [2.05, 4.69) is 34.6 Å². The predicted molar refractivity (Wildman–Crippen MR) is 84.8 cm³/mol. The normalized spacial score (nSPS) is 21.5. The Morgan fingerprint density at radius 1 is 1.19 bits per heavy atom. The third kappa shape index (κ3) is 4.13. The molecule has 21 heavy (non-hydrogen) atoms. The van der Waals surface area contributed by atoms with Crippen molar-refractivity contribution in [3.05, 3.63) is 23.8 Å². The maximum Gasteiger partial charge on any atom is 0.161 e. The summed E-state index contributed by atoms with van der Waals surface area (Å²) in [6.45, 7) is 12.3. The fraction of sp³-hybridized carbons (Fsp3) is 0.667. The standard InChI is InChI=1S/C18H28O3/c1-12-10-20-16-7-6-14(9-17(16)21-11-12)15(19)8-13(2)18(3,4)5/h6-7,9,12-13,15,19H,8,10-11H2,1-5H3. The van der Waals surface area contributed by atoms with E-state index in [4.69, 9.17) is 9.47 Å². The van der Waals surface area contributed by atoms with Crippen molar-refractivity contribution in [2.24, 2.45) is 17.3 Å². The molecule has 0 spiro atoms. The highest BCUT2D eigenvalue weighted by Crippen LogP contribution is 2.37. The van der Waals surface area contributed by atoms with Gasteiger partial charge in [0.15, 0.2) is 11.5 Å². The zero-order valence-corrected chi connectivity index (χ0v) is 13.8. The lowest BCUT2D eigenvalue weighted by atomic mass is 9.78. The van der Waals surface area contributed by atoms with Crippen LogP contribution in [0.25, 0.3) is 0 Å². The average Bonchev–Trinajstić information content (AvgIpc) is 2.59. The topological polar surface area (TPSA) is 38.7 Å². The average molecular weight is 292 g/mol. The minimum atomic E-state index is -0.464. The van der Waals surface area contributed by atoms with Gasteiger partial charge in [-0.25, -0.2) is 0 Å². The van der Waals surface area contributed by atoms with Gasteiger partial charge in [0.2, 0.25) is 0 Å². The highest BCUT2D eigenvalue weighted by molar-refractivity contribution is 5.44. The van der Waals surface area contributed by atoms with Crippen molar-refractivity contribution in [3.8, 4) is 11.5 Å². The van der Waals surface area contributed by atoms with Gasteiger partial charge in [-0.15, -0.1) is 0 Å². The summed E-state index contributed by atoms with van der Waals surface area (Å²) in [5, 5.41) is 10.5. The van der Waals surface area contributed by atoms with Gasteiger partial charge in [0.25, 0.3) is 0 Å². The molecule has 1 aromatic rings. The lowest BCUT2D eigenvalue weighted by Gasteiger charge is -2.29. The molecule has 1 N–H and O–H groups in total. The van der Waals surface area contributed by atoms with Gasteiger partial charge in [0.05, 0.1) is 19.3 Å². The Kier molecular flexibility index (Phi) is 4.82. The van der Waals surface area contributed by atoms with E-state index in [1.54, 1.807) is 0 Å². The minimum absolute atomic E-state index is 0.196. The molecule has 3 unspecified atom stereocenters. The second-order valence-corrected chi connectivity index (χ2v) is 7.45. The number of aliphatic hydroxyl groups excluding tert-OH is 1. The molecule has 118 valence electrons. The molecule has 0 aromatic heterocycles. The van der Waals surface area contributed by atoms with Gasteiger partial charge >= 0.3 is 0 Å². The van der Waals surface area contributed by atoms with Gasteiger partial charge in [0, 0.05) is 5.92 Å². The Bertz CT molecular complexity index is 476. The minimum Gasteiger partial charge on any atom is -0.489 e. The largest absolute Gasteiger partial charge is 0.489 e.